The second-order valence-corrected chi connectivity index (χ2v) is 14.6. The predicted molar refractivity (Wildman–Crippen MR) is 215 cm³/mol. The van der Waals surface area contributed by atoms with Crippen LogP contribution in [0.25, 0.3) is 76.5 Å². The van der Waals surface area contributed by atoms with Gasteiger partial charge in [-0.25, -0.2) is 4.99 Å². The van der Waals surface area contributed by atoms with Crippen LogP contribution in [0.1, 0.15) is 5.56 Å². The average Bonchev–Trinajstić information content (AvgIpc) is 3.72. The van der Waals surface area contributed by atoms with Crippen LogP contribution < -0.4 is 5.32 Å². The van der Waals surface area contributed by atoms with Gasteiger partial charge in [0, 0.05) is 48.2 Å². The Kier molecular flexibility index (Phi) is 5.46. The second kappa shape index (κ2) is 10.1. The highest BCUT2D eigenvalue weighted by molar-refractivity contribution is 8.03. The fraction of sp³-hybridized carbons (Fsp3) is 0.0217. The van der Waals surface area contributed by atoms with Crippen molar-refractivity contribution in [3.8, 4) is 5.69 Å². The summed E-state index contributed by atoms with van der Waals surface area (Å²) in [4.78, 5) is 8.12. The number of aromatic nitrogens is 2. The molecule has 238 valence electrons. The Morgan fingerprint density at radius 2 is 1.20 bits per heavy atom. The highest BCUT2D eigenvalue weighted by Crippen LogP contribution is 2.49. The number of hydrogen-bond acceptors (Lipinski definition) is 3. The summed E-state index contributed by atoms with van der Waals surface area (Å²) in [6.45, 7) is 0. The SMILES string of the molecule is C1=CC2NC(n3c4ccc5ccccc5c4c4ccc5c6c7ccccc7ccc6n(-c6ccccc6)c5c43)=NC3=C2C(=C1)Sc1ccccc13. The first-order valence-corrected chi connectivity index (χ1v) is 18.3. The summed E-state index contributed by atoms with van der Waals surface area (Å²) in [5, 5.41) is 13.8. The van der Waals surface area contributed by atoms with Crippen LogP contribution in [-0.4, -0.2) is 21.1 Å². The summed E-state index contributed by atoms with van der Waals surface area (Å²) < 4.78 is 4.89. The van der Waals surface area contributed by atoms with Crippen molar-refractivity contribution in [2.24, 2.45) is 4.99 Å². The molecule has 1 unspecified atom stereocenters. The zero-order valence-corrected chi connectivity index (χ0v) is 28.2. The molecule has 4 nitrogen and oxygen atoms in total. The number of rotatable bonds is 1. The van der Waals surface area contributed by atoms with Gasteiger partial charge in [-0.15, -0.1) is 0 Å². The van der Waals surface area contributed by atoms with E-state index in [0.717, 1.165) is 28.4 Å². The molecule has 3 aliphatic rings. The van der Waals surface area contributed by atoms with E-state index in [-0.39, 0.29) is 6.04 Å². The lowest BCUT2D eigenvalue weighted by atomic mass is 9.94. The molecular formula is C46H28N4S. The van der Waals surface area contributed by atoms with Gasteiger partial charge in [0.1, 0.15) is 0 Å². The molecule has 1 N–H and O–H groups in total. The molecule has 12 rings (SSSR count). The third-order valence-corrected chi connectivity index (χ3v) is 12.1. The molecule has 7 aromatic carbocycles. The Morgan fingerprint density at radius 1 is 0.569 bits per heavy atom. The number of benzene rings is 7. The normalized spacial score (nSPS) is 16.6. The standard InChI is InChI=1S/C46H28N4S/c1-2-13-29(14-3-1)49-36-25-21-27-11-4-6-15-30(27)40(36)33-23-24-34-41-31-16-7-5-12-28(31)22-26-37(41)50(45(34)44(33)49)46-47-35-18-10-20-39-42(35)43(48-46)32-17-8-9-19-38(32)51-39/h1-26,35H,(H,47,48). The molecule has 0 radical (unpaired) electrons. The van der Waals surface area contributed by atoms with Gasteiger partial charge in [0.15, 0.2) is 0 Å². The smallest absolute Gasteiger partial charge is 0.209 e. The van der Waals surface area contributed by atoms with E-state index >= 15 is 0 Å². The van der Waals surface area contributed by atoms with E-state index in [1.165, 1.54) is 75.1 Å². The van der Waals surface area contributed by atoms with Crippen molar-refractivity contribution in [1.82, 2.24) is 14.5 Å². The minimum absolute atomic E-state index is 0.00411. The Morgan fingerprint density at radius 3 is 1.94 bits per heavy atom. The van der Waals surface area contributed by atoms with E-state index in [1.807, 2.05) is 11.8 Å². The molecule has 0 fully saturated rings. The molecule has 0 spiro atoms. The number of allylic oxidation sites excluding steroid dienone is 2. The third kappa shape index (κ3) is 3.68. The van der Waals surface area contributed by atoms with E-state index in [1.54, 1.807) is 0 Å². The Labute approximate surface area is 297 Å². The molecule has 0 saturated heterocycles. The van der Waals surface area contributed by atoms with Gasteiger partial charge in [-0.05, 0) is 58.0 Å². The number of thioether (sulfide) groups is 1. The van der Waals surface area contributed by atoms with Crippen LogP contribution in [0.3, 0.4) is 0 Å². The molecule has 0 amide bonds. The van der Waals surface area contributed by atoms with E-state index in [0.29, 0.717) is 0 Å². The Bertz CT molecular complexity index is 3140. The number of hydrogen-bond donors (Lipinski definition) is 1. The van der Waals surface area contributed by atoms with Crippen LogP contribution in [0.4, 0.5) is 0 Å². The van der Waals surface area contributed by atoms with E-state index < -0.39 is 0 Å². The molecule has 1 aliphatic carbocycles. The van der Waals surface area contributed by atoms with Crippen molar-refractivity contribution in [3.05, 3.63) is 174 Å². The summed E-state index contributed by atoms with van der Waals surface area (Å²) in [7, 11) is 0. The first-order chi connectivity index (χ1) is 25.3. The van der Waals surface area contributed by atoms with Crippen LogP contribution in [0.2, 0.25) is 0 Å². The highest BCUT2D eigenvalue weighted by Gasteiger charge is 2.35. The maximum absolute atomic E-state index is 5.61. The van der Waals surface area contributed by atoms with Crippen molar-refractivity contribution in [3.63, 3.8) is 0 Å². The summed E-state index contributed by atoms with van der Waals surface area (Å²) in [6, 6.07) is 50.8. The monoisotopic (exact) mass is 668 g/mol. The largest absolute Gasteiger partial charge is 0.345 e. The molecule has 0 saturated carbocycles. The number of fused-ring (bicyclic) bond motifs is 13. The van der Waals surface area contributed by atoms with Crippen molar-refractivity contribution in [2.75, 3.05) is 0 Å². The number of para-hydroxylation sites is 1. The fourth-order valence-corrected chi connectivity index (χ4v) is 9.93. The zero-order valence-electron chi connectivity index (χ0n) is 27.3. The van der Waals surface area contributed by atoms with Crippen LogP contribution in [0, 0.1) is 0 Å². The molecular weight excluding hydrogens is 641 g/mol. The molecule has 9 aromatic rings. The van der Waals surface area contributed by atoms with Gasteiger partial charge in [-0.3, -0.25) is 4.57 Å². The zero-order chi connectivity index (χ0) is 33.2. The Balaban J connectivity index is 1.30. The number of aliphatic imine (C=N–C) groups is 1. The maximum Gasteiger partial charge on any atom is 0.209 e. The lowest BCUT2D eigenvalue weighted by molar-refractivity contribution is 0.800. The number of nitrogens with zero attached hydrogens (tertiary/aromatic N) is 3. The van der Waals surface area contributed by atoms with Crippen molar-refractivity contribution >= 4 is 88.6 Å². The fourth-order valence-electron chi connectivity index (χ4n) is 8.79. The quantitative estimate of drug-likeness (QED) is 0.189. The van der Waals surface area contributed by atoms with Crippen molar-refractivity contribution in [1.29, 1.82) is 0 Å². The van der Waals surface area contributed by atoms with Crippen molar-refractivity contribution < 1.29 is 0 Å². The third-order valence-electron chi connectivity index (χ3n) is 10.9. The van der Waals surface area contributed by atoms with Crippen LogP contribution in [-0.2, 0) is 0 Å². The summed E-state index contributed by atoms with van der Waals surface area (Å²) in [5.74, 6) is 0.837. The average molecular weight is 669 g/mol. The minimum atomic E-state index is 0.00411. The van der Waals surface area contributed by atoms with E-state index in [4.69, 9.17) is 4.99 Å². The van der Waals surface area contributed by atoms with Gasteiger partial charge in [0.25, 0.3) is 0 Å². The lowest BCUT2D eigenvalue weighted by Gasteiger charge is -2.34. The predicted octanol–water partition coefficient (Wildman–Crippen LogP) is 11.3. The molecule has 1 atom stereocenters. The summed E-state index contributed by atoms with van der Waals surface area (Å²) in [5.41, 5.74) is 9.28. The van der Waals surface area contributed by atoms with Crippen LogP contribution in [0.15, 0.2) is 178 Å². The van der Waals surface area contributed by atoms with Gasteiger partial charge in [-0.2, -0.15) is 0 Å². The summed E-state index contributed by atoms with van der Waals surface area (Å²) in [6.07, 6.45) is 6.69. The minimum Gasteiger partial charge on any atom is -0.345 e. The van der Waals surface area contributed by atoms with Crippen LogP contribution in [0.5, 0.6) is 0 Å². The van der Waals surface area contributed by atoms with Crippen LogP contribution >= 0.6 is 11.8 Å². The maximum atomic E-state index is 5.61. The first kappa shape index (κ1) is 27.5. The summed E-state index contributed by atoms with van der Waals surface area (Å²) >= 11 is 1.84. The van der Waals surface area contributed by atoms with Gasteiger partial charge in [0.05, 0.1) is 33.8 Å². The molecule has 4 heterocycles. The highest BCUT2D eigenvalue weighted by atomic mass is 32.2. The second-order valence-electron chi connectivity index (χ2n) is 13.6. The molecule has 2 aliphatic heterocycles. The first-order valence-electron chi connectivity index (χ1n) is 17.4. The molecule has 51 heavy (non-hydrogen) atoms. The van der Waals surface area contributed by atoms with E-state index in [2.05, 4.69) is 172 Å². The lowest BCUT2D eigenvalue weighted by Crippen LogP contribution is -2.43. The molecule has 0 bridgehead atoms. The van der Waals surface area contributed by atoms with E-state index in [9.17, 15) is 0 Å². The van der Waals surface area contributed by atoms with Crippen molar-refractivity contribution in [2.45, 2.75) is 10.9 Å². The number of nitrogens with one attached hydrogen (secondary N) is 1. The Hall–Kier alpha value is -6.30. The molecule has 5 heteroatoms. The van der Waals surface area contributed by atoms with Gasteiger partial charge < -0.3 is 9.88 Å². The molecule has 2 aromatic heterocycles. The van der Waals surface area contributed by atoms with Gasteiger partial charge in [-0.1, -0.05) is 133 Å². The van der Waals surface area contributed by atoms with Gasteiger partial charge in [0.2, 0.25) is 5.96 Å². The topological polar surface area (TPSA) is 34.2 Å². The van der Waals surface area contributed by atoms with Gasteiger partial charge >= 0.3 is 0 Å².